The van der Waals surface area contributed by atoms with Gasteiger partial charge in [0.05, 0.1) is 26.4 Å². The van der Waals surface area contributed by atoms with Crippen molar-refractivity contribution in [2.45, 2.75) is 13.8 Å². The third kappa shape index (κ3) is 19.8. The summed E-state index contributed by atoms with van der Waals surface area (Å²) in [4.78, 5) is 22.0. The third-order valence-electron chi connectivity index (χ3n) is 1.99. The van der Waals surface area contributed by atoms with E-state index >= 15 is 0 Å². The van der Waals surface area contributed by atoms with Gasteiger partial charge in [0, 0.05) is 11.1 Å². The Balaban J connectivity index is -0.00000102. The summed E-state index contributed by atoms with van der Waals surface area (Å²) < 4.78 is 20.0. The normalized spacial score (nSPS) is 8.58. The molecule has 6 heteroatoms. The molecule has 6 nitrogen and oxygen atoms in total. The van der Waals surface area contributed by atoms with Gasteiger partial charge in [-0.1, -0.05) is 13.2 Å². The maximum atomic E-state index is 11.0. The van der Waals surface area contributed by atoms with Crippen molar-refractivity contribution in [1.29, 1.82) is 0 Å². The van der Waals surface area contributed by atoms with Crippen LogP contribution in [0.15, 0.2) is 50.6 Å². The van der Waals surface area contributed by atoms with Gasteiger partial charge in [0.1, 0.15) is 13.2 Å². The van der Waals surface area contributed by atoms with Gasteiger partial charge in [-0.05, 0) is 13.8 Å². The molecule has 138 valence electrons. The zero-order valence-electron chi connectivity index (χ0n) is 14.9. The van der Waals surface area contributed by atoms with Gasteiger partial charge in [0.2, 0.25) is 0 Å². The summed E-state index contributed by atoms with van der Waals surface area (Å²) in [6.45, 7) is 23.8. The van der Waals surface area contributed by atoms with Crippen molar-refractivity contribution in [2.75, 3.05) is 39.6 Å². The lowest BCUT2D eigenvalue weighted by molar-refractivity contribution is -0.142. The molecule has 0 aromatic heterocycles. The van der Waals surface area contributed by atoms with Crippen molar-refractivity contribution in [3.8, 4) is 0 Å². The molecule has 0 atom stereocenters. The highest BCUT2D eigenvalue weighted by Crippen LogP contribution is 1.92. The van der Waals surface area contributed by atoms with Crippen LogP contribution < -0.4 is 0 Å². The average Bonchev–Trinajstić information content (AvgIpc) is 2.59. The van der Waals surface area contributed by atoms with Crippen molar-refractivity contribution in [3.63, 3.8) is 0 Å². The molecule has 0 aromatic carbocycles. The summed E-state index contributed by atoms with van der Waals surface area (Å²) in [5.41, 5.74) is 0.718. The smallest absolute Gasteiger partial charge is 0.333 e. The van der Waals surface area contributed by atoms with E-state index in [1.165, 1.54) is 0 Å². The lowest BCUT2D eigenvalue weighted by atomic mass is 10.4. The van der Waals surface area contributed by atoms with Crippen LogP contribution in [0.2, 0.25) is 0 Å². The first-order valence-electron chi connectivity index (χ1n) is 7.26. The molecule has 0 N–H and O–H groups in total. The van der Waals surface area contributed by atoms with Gasteiger partial charge >= 0.3 is 11.9 Å². The topological polar surface area (TPSA) is 71.1 Å². The number of rotatable bonds is 11. The number of ether oxygens (including phenoxy) is 4. The Kier molecular flexibility index (Phi) is 23.2. The van der Waals surface area contributed by atoms with Gasteiger partial charge in [-0.15, -0.1) is 26.3 Å². The second-order valence-electron chi connectivity index (χ2n) is 4.06. The first kappa shape index (κ1) is 26.7. The fraction of sp³-hybridized carbons (Fsp3) is 0.444. The van der Waals surface area contributed by atoms with Crippen LogP contribution in [0.1, 0.15) is 13.8 Å². The molecule has 0 fully saturated rings. The zero-order valence-corrected chi connectivity index (χ0v) is 14.9. The Morgan fingerprint density at radius 1 is 0.625 bits per heavy atom. The fourth-order valence-electron chi connectivity index (χ4n) is 0.955. The number of esters is 2. The predicted octanol–water partition coefficient (Wildman–Crippen LogP) is 2.86. The van der Waals surface area contributed by atoms with E-state index in [1.54, 1.807) is 13.8 Å². The molecule has 0 spiro atoms. The van der Waals surface area contributed by atoms with Crippen LogP contribution in [-0.2, 0) is 28.5 Å². The van der Waals surface area contributed by atoms with Gasteiger partial charge in [-0.3, -0.25) is 0 Å². The summed E-state index contributed by atoms with van der Waals surface area (Å²) >= 11 is 0. The number of carbonyl (C=O) groups excluding carboxylic acids is 2. The van der Waals surface area contributed by atoms with Crippen LogP contribution >= 0.6 is 0 Å². The van der Waals surface area contributed by atoms with Crippen LogP contribution in [-0.4, -0.2) is 51.6 Å². The molecule has 24 heavy (non-hydrogen) atoms. The maximum absolute atomic E-state index is 11.0. The SMILES string of the molecule is C=C.C=C.C=C(C)C(=O)OCCOCCOCCOC(=O)C(=C)C. The molecule has 0 heterocycles. The molecule has 0 rings (SSSR count). The molecular weight excluding hydrogens is 312 g/mol. The molecule has 0 radical (unpaired) electrons. The molecule has 0 aromatic rings. The summed E-state index contributed by atoms with van der Waals surface area (Å²) in [5, 5.41) is 0. The van der Waals surface area contributed by atoms with Gasteiger partial charge in [-0.25, -0.2) is 9.59 Å². The molecule has 0 saturated heterocycles. The Hall–Kier alpha value is -2.18. The second-order valence-corrected chi connectivity index (χ2v) is 4.06. The van der Waals surface area contributed by atoms with E-state index < -0.39 is 11.9 Å². The Bertz CT molecular complexity index is 340. The number of hydrogen-bond acceptors (Lipinski definition) is 6. The monoisotopic (exact) mass is 342 g/mol. The second kappa shape index (κ2) is 20.8. The number of carbonyl (C=O) groups is 2. The quantitative estimate of drug-likeness (QED) is 0.249. The van der Waals surface area contributed by atoms with E-state index in [-0.39, 0.29) is 13.2 Å². The average molecular weight is 342 g/mol. The molecule has 0 bridgehead atoms. The lowest BCUT2D eigenvalue weighted by Crippen LogP contribution is -2.15. The van der Waals surface area contributed by atoms with E-state index in [4.69, 9.17) is 18.9 Å². The first-order valence-corrected chi connectivity index (χ1v) is 7.26. The van der Waals surface area contributed by atoms with Crippen molar-refractivity contribution < 1.29 is 28.5 Å². The van der Waals surface area contributed by atoms with Gasteiger partial charge in [0.25, 0.3) is 0 Å². The number of hydrogen-bond donors (Lipinski definition) is 0. The standard InChI is InChI=1S/C14H22O6.2C2H4/c1-11(2)13(15)19-9-7-17-5-6-18-8-10-20-14(16)12(3)4;2*1-2/h1,3,5-10H2,2,4H3;2*1-2H2. The highest BCUT2D eigenvalue weighted by molar-refractivity contribution is 5.87. The van der Waals surface area contributed by atoms with Crippen molar-refractivity contribution in [1.82, 2.24) is 0 Å². The van der Waals surface area contributed by atoms with Crippen molar-refractivity contribution in [2.24, 2.45) is 0 Å². The van der Waals surface area contributed by atoms with E-state index in [9.17, 15) is 9.59 Å². The minimum Gasteiger partial charge on any atom is -0.460 e. The summed E-state index contributed by atoms with van der Waals surface area (Å²) in [5.74, 6) is -0.853. The highest BCUT2D eigenvalue weighted by atomic mass is 16.6. The van der Waals surface area contributed by atoms with Crippen LogP contribution in [0.25, 0.3) is 0 Å². The Labute approximate surface area is 145 Å². The molecule has 0 amide bonds. The van der Waals surface area contributed by atoms with E-state index in [2.05, 4.69) is 39.5 Å². The van der Waals surface area contributed by atoms with Crippen molar-refractivity contribution in [3.05, 3.63) is 50.6 Å². The maximum Gasteiger partial charge on any atom is 0.333 e. The summed E-state index contributed by atoms with van der Waals surface area (Å²) in [6.07, 6.45) is 0. The first-order chi connectivity index (χ1) is 11.4. The van der Waals surface area contributed by atoms with Gasteiger partial charge in [-0.2, -0.15) is 0 Å². The molecule has 0 unspecified atom stereocenters. The van der Waals surface area contributed by atoms with Gasteiger partial charge < -0.3 is 18.9 Å². The Morgan fingerprint density at radius 2 is 0.875 bits per heavy atom. The molecule has 0 aliphatic heterocycles. The van der Waals surface area contributed by atoms with E-state index in [0.717, 1.165) is 0 Å². The summed E-state index contributed by atoms with van der Waals surface area (Å²) in [6, 6.07) is 0. The Morgan fingerprint density at radius 3 is 1.12 bits per heavy atom. The van der Waals surface area contributed by atoms with Crippen LogP contribution in [0.3, 0.4) is 0 Å². The van der Waals surface area contributed by atoms with Gasteiger partial charge in [0.15, 0.2) is 0 Å². The molecule has 0 aliphatic carbocycles. The molecular formula is C18H30O6. The van der Waals surface area contributed by atoms with E-state index in [1.807, 2.05) is 0 Å². The predicted molar refractivity (Wildman–Crippen MR) is 95.7 cm³/mol. The molecule has 0 aliphatic rings. The van der Waals surface area contributed by atoms with Crippen LogP contribution in [0.5, 0.6) is 0 Å². The van der Waals surface area contributed by atoms with Crippen LogP contribution in [0.4, 0.5) is 0 Å². The molecule has 0 saturated carbocycles. The van der Waals surface area contributed by atoms with Crippen molar-refractivity contribution >= 4 is 11.9 Å². The van der Waals surface area contributed by atoms with E-state index in [0.29, 0.717) is 37.6 Å². The minimum atomic E-state index is -0.427. The highest BCUT2D eigenvalue weighted by Gasteiger charge is 2.03. The largest absolute Gasteiger partial charge is 0.460 e. The fourth-order valence-corrected chi connectivity index (χ4v) is 0.955. The van der Waals surface area contributed by atoms with Crippen LogP contribution in [0, 0.1) is 0 Å². The lowest BCUT2D eigenvalue weighted by Gasteiger charge is -2.07. The minimum absolute atomic E-state index is 0.182. The zero-order chi connectivity index (χ0) is 19.4. The summed E-state index contributed by atoms with van der Waals surface area (Å²) in [7, 11) is 0. The third-order valence-corrected chi connectivity index (χ3v) is 1.99.